The topological polar surface area (TPSA) is 68.5 Å². The Morgan fingerprint density at radius 3 is 2.43 bits per heavy atom. The summed E-state index contributed by atoms with van der Waals surface area (Å²) in [5.41, 5.74) is 0.939. The molecule has 5 nitrogen and oxygen atoms in total. The third-order valence-electron chi connectivity index (χ3n) is 2.75. The van der Waals surface area contributed by atoms with Gasteiger partial charge in [-0.15, -0.1) is 0 Å². The van der Waals surface area contributed by atoms with Gasteiger partial charge in [0.1, 0.15) is 6.26 Å². The van der Waals surface area contributed by atoms with E-state index in [9.17, 15) is 9.59 Å². The first kappa shape index (κ1) is 15.8. The van der Waals surface area contributed by atoms with Crippen molar-refractivity contribution in [3.05, 3.63) is 56.9 Å². The summed E-state index contributed by atoms with van der Waals surface area (Å²) in [4.78, 5) is 24.0. The van der Waals surface area contributed by atoms with Gasteiger partial charge in [-0.3, -0.25) is 4.79 Å². The summed E-state index contributed by atoms with van der Waals surface area (Å²) in [6.07, 6.45) is 1.30. The van der Waals surface area contributed by atoms with Crippen molar-refractivity contribution < 1.29 is 18.7 Å². The van der Waals surface area contributed by atoms with E-state index in [4.69, 9.17) is 9.15 Å². The van der Waals surface area contributed by atoms with Crippen LogP contribution in [0.1, 0.15) is 22.0 Å². The molecular weight excluding hydrogens is 406 g/mol. The van der Waals surface area contributed by atoms with E-state index >= 15 is 0 Å². The van der Waals surface area contributed by atoms with E-state index in [0.717, 1.165) is 4.47 Å². The molecule has 1 aromatic carbocycles. The lowest BCUT2D eigenvalue weighted by molar-refractivity contribution is -0.143. The normalized spacial score (nSPS) is 11.8. The van der Waals surface area contributed by atoms with Gasteiger partial charge < -0.3 is 14.5 Å². The minimum Gasteiger partial charge on any atom is -0.467 e. The number of amides is 1. The highest BCUT2D eigenvalue weighted by Crippen LogP contribution is 2.20. The summed E-state index contributed by atoms with van der Waals surface area (Å²) >= 11 is 6.44. The molecule has 0 saturated heterocycles. The maximum atomic E-state index is 12.1. The van der Waals surface area contributed by atoms with Gasteiger partial charge in [0.2, 0.25) is 0 Å². The third kappa shape index (κ3) is 3.95. The Balaban J connectivity index is 2.23. The maximum absolute atomic E-state index is 12.1. The van der Waals surface area contributed by atoms with Crippen LogP contribution in [-0.4, -0.2) is 19.0 Å². The number of furan rings is 1. The molecule has 0 radical (unpaired) electrons. The molecule has 110 valence electrons. The highest BCUT2D eigenvalue weighted by molar-refractivity contribution is 9.10. The van der Waals surface area contributed by atoms with Crippen molar-refractivity contribution in [3.8, 4) is 0 Å². The molecule has 0 saturated carbocycles. The van der Waals surface area contributed by atoms with Crippen LogP contribution in [0.3, 0.4) is 0 Å². The first-order valence-electron chi connectivity index (χ1n) is 5.89. The van der Waals surface area contributed by atoms with Gasteiger partial charge in [-0.2, -0.15) is 0 Å². The average molecular weight is 417 g/mol. The fourth-order valence-corrected chi connectivity index (χ4v) is 2.30. The number of hydrogen-bond donors (Lipinski definition) is 1. The van der Waals surface area contributed by atoms with Crippen molar-refractivity contribution in [1.29, 1.82) is 0 Å². The minimum atomic E-state index is -0.885. The third-order valence-corrected chi connectivity index (χ3v) is 3.69. The number of esters is 1. The monoisotopic (exact) mass is 415 g/mol. The van der Waals surface area contributed by atoms with Crippen molar-refractivity contribution >= 4 is 43.7 Å². The number of nitrogens with one attached hydrogen (secondary N) is 1. The van der Waals surface area contributed by atoms with E-state index < -0.39 is 17.9 Å². The maximum Gasteiger partial charge on any atom is 0.333 e. The molecule has 1 heterocycles. The van der Waals surface area contributed by atoms with E-state index in [0.29, 0.717) is 15.8 Å². The molecule has 1 aromatic heterocycles. The standard InChI is InChI=1S/C14H11Br2NO4/c1-20-14(19)12(8-2-4-10(15)5-3-8)17-13(18)9-6-11(16)21-7-9/h2-7,12H,1H3,(H,17,18). The Morgan fingerprint density at radius 2 is 1.90 bits per heavy atom. The van der Waals surface area contributed by atoms with Gasteiger partial charge >= 0.3 is 5.97 Å². The van der Waals surface area contributed by atoms with E-state index in [1.165, 1.54) is 19.4 Å². The number of halogens is 2. The second kappa shape index (κ2) is 6.91. The summed E-state index contributed by atoms with van der Waals surface area (Å²) in [5, 5.41) is 2.62. The van der Waals surface area contributed by atoms with Crippen molar-refractivity contribution in [3.63, 3.8) is 0 Å². The molecule has 21 heavy (non-hydrogen) atoms. The first-order chi connectivity index (χ1) is 10.0. The largest absolute Gasteiger partial charge is 0.467 e. The summed E-state index contributed by atoms with van der Waals surface area (Å²) < 4.78 is 11.1. The van der Waals surface area contributed by atoms with Crippen LogP contribution in [0.2, 0.25) is 0 Å². The van der Waals surface area contributed by atoms with Gasteiger partial charge in [-0.05, 0) is 33.6 Å². The van der Waals surface area contributed by atoms with Crippen LogP contribution < -0.4 is 5.32 Å². The lowest BCUT2D eigenvalue weighted by atomic mass is 10.1. The average Bonchev–Trinajstić information content (AvgIpc) is 2.91. The van der Waals surface area contributed by atoms with E-state index in [2.05, 4.69) is 37.2 Å². The second-order valence-corrected chi connectivity index (χ2v) is 5.82. The molecule has 0 spiro atoms. The fraction of sp³-hybridized carbons (Fsp3) is 0.143. The van der Waals surface area contributed by atoms with Crippen LogP contribution in [0.4, 0.5) is 0 Å². The lowest BCUT2D eigenvalue weighted by Gasteiger charge is -2.16. The van der Waals surface area contributed by atoms with Gasteiger partial charge in [0.05, 0.1) is 12.7 Å². The van der Waals surface area contributed by atoms with Gasteiger partial charge in [-0.1, -0.05) is 28.1 Å². The molecule has 1 amide bonds. The zero-order chi connectivity index (χ0) is 15.4. The van der Waals surface area contributed by atoms with Crippen LogP contribution >= 0.6 is 31.9 Å². The molecule has 1 atom stereocenters. The molecule has 0 bridgehead atoms. The Hall–Kier alpha value is -1.60. The number of ether oxygens (including phenoxy) is 1. The quantitative estimate of drug-likeness (QED) is 0.775. The van der Waals surface area contributed by atoms with Crippen LogP contribution in [0.25, 0.3) is 0 Å². The number of methoxy groups -OCH3 is 1. The Labute approximate surface area is 137 Å². The Morgan fingerprint density at radius 1 is 1.24 bits per heavy atom. The van der Waals surface area contributed by atoms with Crippen molar-refractivity contribution in [2.75, 3.05) is 7.11 Å². The number of rotatable bonds is 4. The number of hydrogen-bond acceptors (Lipinski definition) is 4. The van der Waals surface area contributed by atoms with Crippen LogP contribution in [-0.2, 0) is 9.53 Å². The summed E-state index contributed by atoms with van der Waals surface area (Å²) in [7, 11) is 1.27. The molecule has 2 aromatic rings. The SMILES string of the molecule is COC(=O)C(NC(=O)c1coc(Br)c1)c1ccc(Br)cc1. The Kier molecular flexibility index (Phi) is 5.19. The van der Waals surface area contributed by atoms with Crippen molar-refractivity contribution in [2.45, 2.75) is 6.04 Å². The minimum absolute atomic E-state index is 0.313. The van der Waals surface area contributed by atoms with E-state index in [1.54, 1.807) is 24.3 Å². The number of carbonyl (C=O) groups is 2. The molecule has 1 N–H and O–H groups in total. The Bertz CT molecular complexity index is 651. The smallest absolute Gasteiger partial charge is 0.333 e. The molecule has 2 rings (SSSR count). The summed E-state index contributed by atoms with van der Waals surface area (Å²) in [5.74, 6) is -0.976. The molecule has 0 aliphatic rings. The molecule has 7 heteroatoms. The zero-order valence-electron chi connectivity index (χ0n) is 10.9. The lowest BCUT2D eigenvalue weighted by Crippen LogP contribution is -2.34. The van der Waals surface area contributed by atoms with Gasteiger partial charge in [0.25, 0.3) is 5.91 Å². The van der Waals surface area contributed by atoms with Crippen molar-refractivity contribution in [1.82, 2.24) is 5.32 Å². The summed E-state index contributed by atoms with van der Waals surface area (Å²) in [6, 6.07) is 7.67. The highest BCUT2D eigenvalue weighted by atomic mass is 79.9. The van der Waals surface area contributed by atoms with Crippen LogP contribution in [0.5, 0.6) is 0 Å². The molecule has 0 fully saturated rings. The first-order valence-corrected chi connectivity index (χ1v) is 7.48. The molecule has 0 aliphatic carbocycles. The van der Waals surface area contributed by atoms with Crippen LogP contribution in [0, 0.1) is 0 Å². The number of carbonyl (C=O) groups excluding carboxylic acids is 2. The van der Waals surface area contributed by atoms with E-state index in [-0.39, 0.29) is 0 Å². The van der Waals surface area contributed by atoms with Gasteiger partial charge in [0.15, 0.2) is 10.7 Å². The van der Waals surface area contributed by atoms with Gasteiger partial charge in [-0.25, -0.2) is 4.79 Å². The molecule has 0 aliphatic heterocycles. The highest BCUT2D eigenvalue weighted by Gasteiger charge is 2.24. The fourth-order valence-electron chi connectivity index (χ4n) is 1.69. The second-order valence-electron chi connectivity index (χ2n) is 4.12. The van der Waals surface area contributed by atoms with Gasteiger partial charge in [0, 0.05) is 10.5 Å². The van der Waals surface area contributed by atoms with Crippen molar-refractivity contribution in [2.24, 2.45) is 0 Å². The zero-order valence-corrected chi connectivity index (χ0v) is 14.1. The predicted octanol–water partition coefficient (Wildman–Crippen LogP) is 3.45. The predicted molar refractivity (Wildman–Crippen MR) is 82.8 cm³/mol. The molecule has 1 unspecified atom stereocenters. The molecular formula is C14H11Br2NO4. The van der Waals surface area contributed by atoms with E-state index in [1.807, 2.05) is 0 Å². The summed E-state index contributed by atoms with van der Waals surface area (Å²) in [6.45, 7) is 0. The van der Waals surface area contributed by atoms with Crippen LogP contribution in [0.15, 0.2) is 50.2 Å². The number of benzene rings is 1.